The first-order valence-electron chi connectivity index (χ1n) is 5.41. The van der Waals surface area contributed by atoms with Crippen LogP contribution >= 0.6 is 0 Å². The van der Waals surface area contributed by atoms with Gasteiger partial charge in [-0.05, 0) is 12.1 Å². The maximum absolute atomic E-state index is 11.8. The average molecular weight is 245 g/mol. The second kappa shape index (κ2) is 7.01. The molecule has 0 saturated heterocycles. The molecule has 1 aromatic heterocycles. The van der Waals surface area contributed by atoms with E-state index in [-0.39, 0.29) is 0 Å². The minimum atomic E-state index is -0.702. The van der Waals surface area contributed by atoms with Gasteiger partial charge in [0, 0.05) is 19.3 Å². The molecule has 0 aromatic carbocycles. The van der Waals surface area contributed by atoms with Crippen molar-refractivity contribution < 1.29 is 9.59 Å². The number of carbonyl (C=O) groups excluding carboxylic acids is 2. The summed E-state index contributed by atoms with van der Waals surface area (Å²) in [4.78, 5) is 28.7. The topological polar surface area (TPSA) is 62.3 Å². The highest BCUT2D eigenvalue weighted by Crippen LogP contribution is 2.03. The van der Waals surface area contributed by atoms with Gasteiger partial charge < -0.3 is 10.2 Å². The monoisotopic (exact) mass is 245 g/mol. The number of aromatic nitrogens is 1. The lowest BCUT2D eigenvalue weighted by Gasteiger charge is -2.18. The number of nitrogens with one attached hydrogen (secondary N) is 1. The van der Waals surface area contributed by atoms with E-state index in [0.29, 0.717) is 18.8 Å². The van der Waals surface area contributed by atoms with E-state index in [1.807, 2.05) is 0 Å². The SMILES string of the molecule is C=CCN(CC=C)C(=O)C(=O)Nc1cccnc1. The Hall–Kier alpha value is -2.43. The predicted molar refractivity (Wildman–Crippen MR) is 69.8 cm³/mol. The summed E-state index contributed by atoms with van der Waals surface area (Å²) in [5.41, 5.74) is 0.480. The van der Waals surface area contributed by atoms with Crippen molar-refractivity contribution in [2.45, 2.75) is 0 Å². The molecule has 0 aliphatic rings. The van der Waals surface area contributed by atoms with Gasteiger partial charge in [0.15, 0.2) is 0 Å². The fourth-order valence-corrected chi connectivity index (χ4v) is 1.32. The Morgan fingerprint density at radius 2 is 2.00 bits per heavy atom. The summed E-state index contributed by atoms with van der Waals surface area (Å²) in [6, 6.07) is 3.33. The first-order chi connectivity index (χ1) is 8.69. The van der Waals surface area contributed by atoms with Gasteiger partial charge in [-0.25, -0.2) is 0 Å². The normalized spacial score (nSPS) is 9.33. The molecule has 0 aliphatic carbocycles. The second-order valence-corrected chi connectivity index (χ2v) is 3.48. The van der Waals surface area contributed by atoms with Crippen molar-refractivity contribution >= 4 is 17.5 Å². The fraction of sp³-hybridized carbons (Fsp3) is 0.154. The molecule has 1 rings (SSSR count). The number of anilines is 1. The molecule has 1 N–H and O–H groups in total. The Kier molecular flexibility index (Phi) is 5.31. The molecular formula is C13H15N3O2. The van der Waals surface area contributed by atoms with Crippen molar-refractivity contribution in [2.75, 3.05) is 18.4 Å². The molecule has 0 bridgehead atoms. The average Bonchev–Trinajstić information content (AvgIpc) is 2.39. The van der Waals surface area contributed by atoms with Crippen LogP contribution in [0.1, 0.15) is 0 Å². The molecule has 1 aromatic rings. The number of pyridine rings is 1. The van der Waals surface area contributed by atoms with Crippen molar-refractivity contribution in [1.82, 2.24) is 9.88 Å². The van der Waals surface area contributed by atoms with E-state index in [9.17, 15) is 9.59 Å². The second-order valence-electron chi connectivity index (χ2n) is 3.48. The van der Waals surface area contributed by atoms with Crippen LogP contribution in [0.2, 0.25) is 0 Å². The molecule has 0 saturated carbocycles. The van der Waals surface area contributed by atoms with Gasteiger partial charge in [-0.1, -0.05) is 12.2 Å². The molecule has 0 aliphatic heterocycles. The molecule has 0 atom stereocenters. The molecule has 0 unspecified atom stereocenters. The van der Waals surface area contributed by atoms with Crippen molar-refractivity contribution in [1.29, 1.82) is 0 Å². The number of carbonyl (C=O) groups is 2. The zero-order chi connectivity index (χ0) is 13.4. The molecule has 18 heavy (non-hydrogen) atoms. The minimum absolute atomic E-state index is 0.297. The number of rotatable bonds is 5. The first kappa shape index (κ1) is 13.6. The Morgan fingerprint density at radius 3 is 2.50 bits per heavy atom. The highest BCUT2D eigenvalue weighted by molar-refractivity contribution is 6.39. The quantitative estimate of drug-likeness (QED) is 0.626. The molecule has 5 nitrogen and oxygen atoms in total. The number of amides is 2. The Bertz CT molecular complexity index is 433. The van der Waals surface area contributed by atoms with Gasteiger partial charge in [0.05, 0.1) is 11.9 Å². The number of hydrogen-bond donors (Lipinski definition) is 1. The summed E-state index contributed by atoms with van der Waals surface area (Å²) in [5, 5.41) is 2.48. The van der Waals surface area contributed by atoms with Crippen LogP contribution in [0.5, 0.6) is 0 Å². The standard InChI is InChI=1S/C13H15N3O2/c1-3-8-16(9-4-2)13(18)12(17)15-11-6-5-7-14-10-11/h3-7,10H,1-2,8-9H2,(H,15,17). The van der Waals surface area contributed by atoms with Crippen molar-refractivity contribution in [2.24, 2.45) is 0 Å². The Balaban J connectivity index is 2.67. The molecular weight excluding hydrogens is 230 g/mol. The van der Waals surface area contributed by atoms with Gasteiger partial charge in [-0.15, -0.1) is 13.2 Å². The van der Waals surface area contributed by atoms with Crippen LogP contribution < -0.4 is 5.32 Å². The van der Waals surface area contributed by atoms with Crippen molar-refractivity contribution in [3.8, 4) is 0 Å². The van der Waals surface area contributed by atoms with E-state index in [4.69, 9.17) is 0 Å². The van der Waals surface area contributed by atoms with E-state index in [0.717, 1.165) is 0 Å². The Morgan fingerprint density at radius 1 is 1.33 bits per heavy atom. The first-order valence-corrected chi connectivity index (χ1v) is 5.41. The van der Waals surface area contributed by atoms with Gasteiger partial charge in [0.2, 0.25) is 0 Å². The van der Waals surface area contributed by atoms with Crippen LogP contribution in [0.25, 0.3) is 0 Å². The van der Waals surface area contributed by atoms with Gasteiger partial charge in [0.25, 0.3) is 0 Å². The lowest BCUT2D eigenvalue weighted by atomic mass is 10.3. The number of hydrogen-bond acceptors (Lipinski definition) is 3. The van der Waals surface area contributed by atoms with Crippen LogP contribution in [0.3, 0.4) is 0 Å². The smallest absolute Gasteiger partial charge is 0.313 e. The van der Waals surface area contributed by atoms with Crippen LogP contribution in [0.15, 0.2) is 49.8 Å². The van der Waals surface area contributed by atoms with Crippen LogP contribution in [0, 0.1) is 0 Å². The maximum Gasteiger partial charge on any atom is 0.313 e. The zero-order valence-corrected chi connectivity index (χ0v) is 10.0. The van der Waals surface area contributed by atoms with E-state index in [1.165, 1.54) is 11.1 Å². The predicted octanol–water partition coefficient (Wildman–Crippen LogP) is 1.22. The van der Waals surface area contributed by atoms with Gasteiger partial charge in [0.1, 0.15) is 0 Å². The summed E-state index contributed by atoms with van der Waals surface area (Å²) in [6.45, 7) is 7.67. The van der Waals surface area contributed by atoms with E-state index >= 15 is 0 Å². The molecule has 94 valence electrons. The summed E-state index contributed by atoms with van der Waals surface area (Å²) >= 11 is 0. The third kappa shape index (κ3) is 3.86. The van der Waals surface area contributed by atoms with Gasteiger partial charge in [-0.3, -0.25) is 14.6 Å². The van der Waals surface area contributed by atoms with Crippen LogP contribution in [-0.4, -0.2) is 34.8 Å². The van der Waals surface area contributed by atoms with Crippen LogP contribution in [-0.2, 0) is 9.59 Å². The molecule has 0 fully saturated rings. The zero-order valence-electron chi connectivity index (χ0n) is 10.0. The minimum Gasteiger partial charge on any atom is -0.327 e. The fourth-order valence-electron chi connectivity index (χ4n) is 1.32. The largest absolute Gasteiger partial charge is 0.327 e. The lowest BCUT2D eigenvalue weighted by molar-refractivity contribution is -0.142. The summed E-state index contributed by atoms with van der Waals surface area (Å²) in [6.07, 6.45) is 6.16. The lowest BCUT2D eigenvalue weighted by Crippen LogP contribution is -2.39. The third-order valence-electron chi connectivity index (χ3n) is 2.10. The molecule has 2 amide bonds. The maximum atomic E-state index is 11.8. The molecule has 5 heteroatoms. The van der Waals surface area contributed by atoms with Crippen molar-refractivity contribution in [3.05, 3.63) is 49.8 Å². The molecule has 0 radical (unpaired) electrons. The van der Waals surface area contributed by atoms with Crippen LogP contribution in [0.4, 0.5) is 5.69 Å². The van der Waals surface area contributed by atoms with E-state index in [1.54, 1.807) is 30.5 Å². The summed E-state index contributed by atoms with van der Waals surface area (Å²) in [7, 11) is 0. The summed E-state index contributed by atoms with van der Waals surface area (Å²) < 4.78 is 0. The highest BCUT2D eigenvalue weighted by Gasteiger charge is 2.19. The Labute approximate surface area is 106 Å². The summed E-state index contributed by atoms with van der Waals surface area (Å²) in [5.74, 6) is -1.33. The van der Waals surface area contributed by atoms with Gasteiger partial charge >= 0.3 is 11.8 Å². The van der Waals surface area contributed by atoms with Gasteiger partial charge in [-0.2, -0.15) is 0 Å². The third-order valence-corrected chi connectivity index (χ3v) is 2.10. The molecule has 1 heterocycles. The van der Waals surface area contributed by atoms with Crippen molar-refractivity contribution in [3.63, 3.8) is 0 Å². The van der Waals surface area contributed by atoms with E-state index in [2.05, 4.69) is 23.5 Å². The highest BCUT2D eigenvalue weighted by atomic mass is 16.2. The molecule has 0 spiro atoms. The number of nitrogens with zero attached hydrogens (tertiary/aromatic N) is 2. The van der Waals surface area contributed by atoms with E-state index < -0.39 is 11.8 Å².